The van der Waals surface area contributed by atoms with Gasteiger partial charge in [0.05, 0.1) is 5.39 Å². The van der Waals surface area contributed by atoms with Crippen LogP contribution in [0.15, 0.2) is 61.1 Å². The van der Waals surface area contributed by atoms with Crippen molar-refractivity contribution in [2.45, 2.75) is 50.7 Å². The van der Waals surface area contributed by atoms with Crippen LogP contribution in [0.5, 0.6) is 11.5 Å². The minimum atomic E-state index is -0.368. The van der Waals surface area contributed by atoms with Crippen LogP contribution in [-0.2, 0) is 0 Å². The second kappa shape index (κ2) is 10.1. The molecule has 1 saturated carbocycles. The molecular weight excluding hydrogens is 467 g/mol. The van der Waals surface area contributed by atoms with E-state index in [9.17, 15) is 0 Å². The lowest BCUT2D eigenvalue weighted by molar-refractivity contribution is 0.107. The molecule has 0 radical (unpaired) electrons. The van der Waals surface area contributed by atoms with Gasteiger partial charge >= 0.3 is 0 Å². The molecule has 37 heavy (non-hydrogen) atoms. The molecule has 1 aliphatic heterocycles. The number of nitrogens with zero attached hydrogens (tertiary/aromatic N) is 4. The summed E-state index contributed by atoms with van der Waals surface area (Å²) in [6.07, 6.45) is 7.92. The first-order chi connectivity index (χ1) is 18.1. The van der Waals surface area contributed by atoms with Gasteiger partial charge in [0.1, 0.15) is 35.1 Å². The van der Waals surface area contributed by atoms with E-state index in [1.165, 1.54) is 12.4 Å². The number of fused-ring (bicyclic) bond motifs is 1. The van der Waals surface area contributed by atoms with Gasteiger partial charge in [-0.2, -0.15) is 0 Å². The van der Waals surface area contributed by atoms with E-state index in [0.717, 1.165) is 56.5 Å². The molecule has 2 fully saturated rings. The summed E-state index contributed by atoms with van der Waals surface area (Å²) in [7, 11) is 0. The lowest BCUT2D eigenvalue weighted by Crippen LogP contribution is -2.53. The van der Waals surface area contributed by atoms with E-state index < -0.39 is 0 Å². The van der Waals surface area contributed by atoms with Crippen molar-refractivity contribution in [1.82, 2.24) is 24.8 Å². The van der Waals surface area contributed by atoms with Crippen molar-refractivity contribution in [3.63, 3.8) is 0 Å². The van der Waals surface area contributed by atoms with Crippen LogP contribution in [0, 0.1) is 5.82 Å². The number of hydrogen-bond acceptors (Lipinski definition) is 6. The molecule has 2 aliphatic rings. The summed E-state index contributed by atoms with van der Waals surface area (Å²) in [6.45, 7) is 5.54. The molecule has 4 aromatic rings. The first-order valence-corrected chi connectivity index (χ1v) is 13.2. The van der Waals surface area contributed by atoms with Crippen LogP contribution >= 0.6 is 0 Å². The number of ether oxygens (including phenoxy) is 1. The maximum absolute atomic E-state index is 15.5. The van der Waals surface area contributed by atoms with Gasteiger partial charge in [-0.05, 0) is 56.9 Å². The van der Waals surface area contributed by atoms with Crippen LogP contribution in [0.25, 0.3) is 22.2 Å². The summed E-state index contributed by atoms with van der Waals surface area (Å²) in [4.78, 5) is 11.5. The molecule has 8 heteroatoms. The number of halogens is 1. The van der Waals surface area contributed by atoms with E-state index in [1.54, 1.807) is 12.1 Å². The fraction of sp³-hybridized carbons (Fsp3) is 0.379. The third kappa shape index (κ3) is 4.79. The minimum absolute atomic E-state index is 0.297. The van der Waals surface area contributed by atoms with Crippen molar-refractivity contribution in [3.8, 4) is 22.6 Å². The number of anilines is 1. The van der Waals surface area contributed by atoms with Gasteiger partial charge in [0.15, 0.2) is 0 Å². The Morgan fingerprint density at radius 3 is 2.51 bits per heavy atom. The molecule has 0 bridgehead atoms. The molecule has 7 nitrogen and oxygen atoms in total. The zero-order chi connectivity index (χ0) is 25.4. The quantitative estimate of drug-likeness (QED) is 0.383. The number of aromatic nitrogens is 3. The van der Waals surface area contributed by atoms with Crippen molar-refractivity contribution in [3.05, 3.63) is 66.9 Å². The van der Waals surface area contributed by atoms with Crippen LogP contribution in [0.2, 0.25) is 0 Å². The molecule has 6 rings (SSSR count). The second-order valence-corrected chi connectivity index (χ2v) is 10.3. The molecule has 2 aromatic heterocycles. The van der Waals surface area contributed by atoms with E-state index >= 15 is 4.39 Å². The molecule has 0 amide bonds. The SMILES string of the molecule is C[C@H]1CN([C@H]2CC[C@H](n3cc(-c4ccc(Oc5ccccc5)cc4F)c4c(N)ncnc43)CC2)CCN1. The van der Waals surface area contributed by atoms with Gasteiger partial charge in [0.25, 0.3) is 0 Å². The Morgan fingerprint density at radius 1 is 0.973 bits per heavy atom. The third-order valence-electron chi connectivity index (χ3n) is 7.82. The van der Waals surface area contributed by atoms with Gasteiger partial charge in [-0.25, -0.2) is 14.4 Å². The lowest BCUT2D eigenvalue weighted by Gasteiger charge is -2.41. The van der Waals surface area contributed by atoms with Gasteiger partial charge in [0.2, 0.25) is 0 Å². The lowest BCUT2D eigenvalue weighted by atomic mass is 9.89. The highest BCUT2D eigenvalue weighted by Crippen LogP contribution is 2.40. The Morgan fingerprint density at radius 2 is 1.76 bits per heavy atom. The first kappa shape index (κ1) is 23.9. The number of benzene rings is 2. The number of piperazine rings is 1. The van der Waals surface area contributed by atoms with E-state index in [1.807, 2.05) is 36.5 Å². The molecular formula is C29H33FN6O. The first-order valence-electron chi connectivity index (χ1n) is 13.2. The third-order valence-corrected chi connectivity index (χ3v) is 7.82. The predicted molar refractivity (Wildman–Crippen MR) is 144 cm³/mol. The summed E-state index contributed by atoms with van der Waals surface area (Å²) in [6, 6.07) is 15.8. The molecule has 1 saturated heterocycles. The molecule has 192 valence electrons. The van der Waals surface area contributed by atoms with Gasteiger partial charge in [-0.3, -0.25) is 4.90 Å². The molecule has 0 unspecified atom stereocenters. The summed E-state index contributed by atoms with van der Waals surface area (Å²) in [5.41, 5.74) is 8.28. The summed E-state index contributed by atoms with van der Waals surface area (Å²) >= 11 is 0. The molecule has 1 atom stereocenters. The van der Waals surface area contributed by atoms with Gasteiger partial charge in [0, 0.05) is 61.1 Å². The van der Waals surface area contributed by atoms with Crippen LogP contribution in [0.4, 0.5) is 10.2 Å². The van der Waals surface area contributed by atoms with Crippen molar-refractivity contribution >= 4 is 16.9 Å². The second-order valence-electron chi connectivity index (χ2n) is 10.3. The highest BCUT2D eigenvalue weighted by molar-refractivity contribution is 6.00. The highest BCUT2D eigenvalue weighted by atomic mass is 19.1. The van der Waals surface area contributed by atoms with Crippen LogP contribution in [0.1, 0.15) is 38.6 Å². The normalized spacial score (nSPS) is 22.8. The van der Waals surface area contributed by atoms with Crippen LogP contribution in [-0.4, -0.2) is 51.2 Å². The van der Waals surface area contributed by atoms with Crippen molar-refractivity contribution in [2.24, 2.45) is 0 Å². The largest absolute Gasteiger partial charge is 0.457 e. The zero-order valence-electron chi connectivity index (χ0n) is 21.1. The van der Waals surface area contributed by atoms with Crippen molar-refractivity contribution in [1.29, 1.82) is 0 Å². The summed E-state index contributed by atoms with van der Waals surface area (Å²) < 4.78 is 23.5. The number of para-hydroxylation sites is 1. The Kier molecular flexibility index (Phi) is 6.52. The van der Waals surface area contributed by atoms with Crippen LogP contribution < -0.4 is 15.8 Å². The predicted octanol–water partition coefficient (Wildman–Crippen LogP) is 5.39. The van der Waals surface area contributed by atoms with E-state index in [-0.39, 0.29) is 5.82 Å². The smallest absolute Gasteiger partial charge is 0.146 e. The topological polar surface area (TPSA) is 81.2 Å². The summed E-state index contributed by atoms with van der Waals surface area (Å²) in [5.74, 6) is 1.11. The maximum atomic E-state index is 15.5. The monoisotopic (exact) mass is 500 g/mol. The number of nitrogens with one attached hydrogen (secondary N) is 1. The Hall–Kier alpha value is -3.49. The van der Waals surface area contributed by atoms with Gasteiger partial charge in [-0.1, -0.05) is 18.2 Å². The van der Waals surface area contributed by atoms with Gasteiger partial charge in [-0.15, -0.1) is 0 Å². The van der Waals surface area contributed by atoms with Crippen molar-refractivity contribution in [2.75, 3.05) is 25.4 Å². The average molecular weight is 501 g/mol. The zero-order valence-corrected chi connectivity index (χ0v) is 21.1. The minimum Gasteiger partial charge on any atom is -0.457 e. The standard InChI is InChI=1S/C29H33FN6O/c1-19-16-35(14-13-32-19)20-7-9-21(10-8-20)36-17-25(27-28(31)33-18-34-29(27)36)24-12-11-23(15-26(24)30)37-22-5-3-2-4-6-22/h2-6,11-12,15,17-21,32H,7-10,13-14,16H2,1H3,(H2,31,33,34)/t19-,20-,21-/m0/s1. The number of nitrogens with two attached hydrogens (primary N) is 1. The number of rotatable bonds is 5. The summed E-state index contributed by atoms with van der Waals surface area (Å²) in [5, 5.41) is 4.24. The maximum Gasteiger partial charge on any atom is 0.146 e. The highest BCUT2D eigenvalue weighted by Gasteiger charge is 2.30. The van der Waals surface area contributed by atoms with E-state index in [0.29, 0.717) is 46.4 Å². The molecule has 2 aromatic carbocycles. The Bertz CT molecular complexity index is 1380. The fourth-order valence-corrected chi connectivity index (χ4v) is 5.99. The Labute approximate surface area is 216 Å². The molecule has 0 spiro atoms. The average Bonchev–Trinajstić information content (AvgIpc) is 3.30. The fourth-order valence-electron chi connectivity index (χ4n) is 5.99. The van der Waals surface area contributed by atoms with Crippen molar-refractivity contribution < 1.29 is 9.13 Å². The van der Waals surface area contributed by atoms with Gasteiger partial charge < -0.3 is 20.4 Å². The van der Waals surface area contributed by atoms with E-state index in [4.69, 9.17) is 10.5 Å². The Balaban J connectivity index is 1.28. The van der Waals surface area contributed by atoms with E-state index in [2.05, 4.69) is 31.7 Å². The number of hydrogen-bond donors (Lipinski definition) is 2. The molecule has 3 N–H and O–H groups in total. The molecule has 3 heterocycles. The number of nitrogen functional groups attached to an aromatic ring is 1. The molecule has 1 aliphatic carbocycles. The van der Waals surface area contributed by atoms with Crippen LogP contribution in [0.3, 0.4) is 0 Å².